The van der Waals surface area contributed by atoms with Gasteiger partial charge in [-0.25, -0.2) is 0 Å². The molecule has 0 heterocycles. The van der Waals surface area contributed by atoms with Gasteiger partial charge in [-0.15, -0.1) is 0 Å². The molecule has 15 heavy (non-hydrogen) atoms. The van der Waals surface area contributed by atoms with Gasteiger partial charge in [0.05, 0.1) is 0 Å². The quantitative estimate of drug-likeness (QED) is 0.685. The minimum atomic E-state index is 0.643. The van der Waals surface area contributed by atoms with Crippen LogP contribution in [0.5, 0.6) is 0 Å². The van der Waals surface area contributed by atoms with Crippen LogP contribution < -0.4 is 5.32 Å². The number of rotatable bonds is 1. The minimum Gasteiger partial charge on any atom is -0.316 e. The third-order valence-corrected chi connectivity index (χ3v) is 3.91. The van der Waals surface area contributed by atoms with E-state index >= 15 is 0 Å². The maximum atomic E-state index is 3.50. The Labute approximate surface area is 91.2 Å². The van der Waals surface area contributed by atoms with E-state index in [2.05, 4.69) is 48.8 Å². The zero-order valence-electron chi connectivity index (χ0n) is 9.11. The number of likely N-dealkylation sites (N-methyl/N-ethyl adjacent to an activating group) is 1. The maximum absolute atomic E-state index is 3.50. The predicted molar refractivity (Wildman–Crippen MR) is 63.0 cm³/mol. The highest BCUT2D eigenvalue weighted by Crippen LogP contribution is 2.40. The van der Waals surface area contributed by atoms with Crippen LogP contribution in [0, 0.1) is 5.92 Å². The van der Waals surface area contributed by atoms with Crippen LogP contribution in [-0.4, -0.2) is 13.1 Å². The highest BCUT2D eigenvalue weighted by molar-refractivity contribution is 5.38. The first-order chi connectivity index (χ1) is 7.40. The maximum Gasteiger partial charge on any atom is 0.0202 e. The van der Waals surface area contributed by atoms with E-state index in [1.807, 2.05) is 0 Å². The van der Waals surface area contributed by atoms with Crippen molar-refractivity contribution in [1.82, 2.24) is 5.32 Å². The van der Waals surface area contributed by atoms with Crippen LogP contribution in [0.4, 0.5) is 0 Å². The van der Waals surface area contributed by atoms with Crippen molar-refractivity contribution >= 4 is 0 Å². The number of benzene rings is 1. The molecule has 3 rings (SSSR count). The van der Waals surface area contributed by atoms with Gasteiger partial charge >= 0.3 is 0 Å². The summed E-state index contributed by atoms with van der Waals surface area (Å²) in [5.41, 5.74) is 3.13. The van der Waals surface area contributed by atoms with Crippen molar-refractivity contribution in [1.29, 1.82) is 0 Å². The molecule has 2 bridgehead atoms. The Hall–Kier alpha value is -1.08. The number of hydrogen-bond donors (Lipinski definition) is 1. The van der Waals surface area contributed by atoms with Gasteiger partial charge in [-0.2, -0.15) is 0 Å². The van der Waals surface area contributed by atoms with Gasteiger partial charge in [0, 0.05) is 12.0 Å². The fourth-order valence-corrected chi connectivity index (χ4v) is 3.23. The van der Waals surface area contributed by atoms with Gasteiger partial charge in [0.25, 0.3) is 0 Å². The van der Waals surface area contributed by atoms with Crippen LogP contribution in [0.2, 0.25) is 0 Å². The minimum absolute atomic E-state index is 0.643. The van der Waals surface area contributed by atoms with Crippen molar-refractivity contribution in [3.05, 3.63) is 47.5 Å². The highest BCUT2D eigenvalue weighted by Gasteiger charge is 2.35. The standard InChI is InChI=1S/C14H17N/c1-15-14-11-6-4-8-13(14)12-7-3-2-5-10(12)9-11/h2-7,11,13-15H,8-9H2,1H3/t11?,13?,14-/m1/s1. The summed E-state index contributed by atoms with van der Waals surface area (Å²) >= 11 is 0. The Bertz CT molecular complexity index is 394. The fourth-order valence-electron chi connectivity index (χ4n) is 3.23. The molecule has 78 valence electrons. The SMILES string of the molecule is CN[C@@H]1C2C=CCC1c1ccccc1C2. The summed E-state index contributed by atoms with van der Waals surface area (Å²) < 4.78 is 0. The van der Waals surface area contributed by atoms with E-state index in [9.17, 15) is 0 Å². The summed E-state index contributed by atoms with van der Waals surface area (Å²) in [7, 11) is 2.10. The summed E-state index contributed by atoms with van der Waals surface area (Å²) in [6, 6.07) is 9.58. The van der Waals surface area contributed by atoms with Crippen molar-refractivity contribution in [2.75, 3.05) is 7.05 Å². The average Bonchev–Trinajstić information content (AvgIpc) is 2.28. The largest absolute Gasteiger partial charge is 0.316 e. The molecule has 0 amide bonds. The summed E-state index contributed by atoms with van der Waals surface area (Å²) in [4.78, 5) is 0. The average molecular weight is 199 g/mol. The van der Waals surface area contributed by atoms with Gasteiger partial charge in [-0.05, 0) is 36.9 Å². The van der Waals surface area contributed by atoms with E-state index in [1.54, 1.807) is 11.1 Å². The molecule has 0 spiro atoms. The molecule has 0 aliphatic heterocycles. The Morgan fingerprint density at radius 2 is 2.13 bits per heavy atom. The van der Waals surface area contributed by atoms with E-state index in [1.165, 1.54) is 12.8 Å². The molecule has 0 saturated carbocycles. The molecule has 3 atom stereocenters. The second-order valence-corrected chi connectivity index (χ2v) is 4.65. The van der Waals surface area contributed by atoms with Crippen LogP contribution in [0.3, 0.4) is 0 Å². The van der Waals surface area contributed by atoms with Crippen LogP contribution in [0.15, 0.2) is 36.4 Å². The topological polar surface area (TPSA) is 12.0 Å². The molecule has 2 aliphatic rings. The van der Waals surface area contributed by atoms with Crippen LogP contribution >= 0.6 is 0 Å². The summed E-state index contributed by atoms with van der Waals surface area (Å²) in [6.45, 7) is 0. The third-order valence-electron chi connectivity index (χ3n) is 3.91. The van der Waals surface area contributed by atoms with E-state index in [0.29, 0.717) is 17.9 Å². The van der Waals surface area contributed by atoms with Gasteiger partial charge in [-0.3, -0.25) is 0 Å². The van der Waals surface area contributed by atoms with Crippen molar-refractivity contribution in [2.24, 2.45) is 5.92 Å². The predicted octanol–water partition coefficient (Wildman–Crippen LogP) is 2.49. The lowest BCUT2D eigenvalue weighted by Gasteiger charge is -2.40. The van der Waals surface area contributed by atoms with Gasteiger partial charge < -0.3 is 5.32 Å². The molecule has 1 aromatic carbocycles. The van der Waals surface area contributed by atoms with Crippen molar-refractivity contribution in [2.45, 2.75) is 24.8 Å². The van der Waals surface area contributed by atoms with Gasteiger partial charge in [0.2, 0.25) is 0 Å². The third kappa shape index (κ3) is 1.34. The van der Waals surface area contributed by atoms with Crippen molar-refractivity contribution in [3.63, 3.8) is 0 Å². The Morgan fingerprint density at radius 1 is 1.27 bits per heavy atom. The Kier molecular flexibility index (Phi) is 2.14. The molecule has 1 heteroatoms. The number of fused-ring (bicyclic) bond motifs is 4. The molecule has 1 N–H and O–H groups in total. The molecular formula is C14H17N. The highest BCUT2D eigenvalue weighted by atomic mass is 14.9. The molecule has 1 aromatic rings. The summed E-state index contributed by atoms with van der Waals surface area (Å²) in [5, 5.41) is 3.50. The first-order valence-corrected chi connectivity index (χ1v) is 5.82. The second kappa shape index (κ2) is 3.49. The molecule has 0 fully saturated rings. The van der Waals surface area contributed by atoms with Gasteiger partial charge in [0.15, 0.2) is 0 Å². The molecule has 2 unspecified atom stereocenters. The van der Waals surface area contributed by atoms with Crippen LogP contribution in [-0.2, 0) is 6.42 Å². The van der Waals surface area contributed by atoms with E-state index in [-0.39, 0.29) is 0 Å². The number of hydrogen-bond acceptors (Lipinski definition) is 1. The molecule has 1 nitrogen and oxygen atoms in total. The van der Waals surface area contributed by atoms with E-state index < -0.39 is 0 Å². The fraction of sp³-hybridized carbons (Fsp3) is 0.429. The zero-order chi connectivity index (χ0) is 10.3. The monoisotopic (exact) mass is 199 g/mol. The number of allylic oxidation sites excluding steroid dienone is 1. The first kappa shape index (κ1) is 9.17. The van der Waals surface area contributed by atoms with Gasteiger partial charge in [-0.1, -0.05) is 36.4 Å². The smallest absolute Gasteiger partial charge is 0.0202 e. The Balaban J connectivity index is 2.08. The zero-order valence-corrected chi connectivity index (χ0v) is 9.11. The van der Waals surface area contributed by atoms with Crippen molar-refractivity contribution < 1.29 is 0 Å². The van der Waals surface area contributed by atoms with E-state index in [0.717, 1.165) is 0 Å². The Morgan fingerprint density at radius 3 is 3.00 bits per heavy atom. The van der Waals surface area contributed by atoms with E-state index in [4.69, 9.17) is 0 Å². The molecule has 0 aromatic heterocycles. The van der Waals surface area contributed by atoms with Gasteiger partial charge in [0.1, 0.15) is 0 Å². The summed E-state index contributed by atoms with van der Waals surface area (Å²) in [5.74, 6) is 1.39. The molecular weight excluding hydrogens is 182 g/mol. The van der Waals surface area contributed by atoms with Crippen LogP contribution in [0.25, 0.3) is 0 Å². The molecule has 0 radical (unpaired) electrons. The van der Waals surface area contributed by atoms with Crippen LogP contribution in [0.1, 0.15) is 23.5 Å². The molecule has 0 saturated heterocycles. The summed E-state index contributed by atoms with van der Waals surface area (Å²) in [6.07, 6.45) is 7.15. The lowest BCUT2D eigenvalue weighted by molar-refractivity contribution is 0.330. The second-order valence-electron chi connectivity index (χ2n) is 4.65. The first-order valence-electron chi connectivity index (χ1n) is 5.82. The normalized spacial score (nSPS) is 32.5. The van der Waals surface area contributed by atoms with Crippen molar-refractivity contribution in [3.8, 4) is 0 Å². The lowest BCUT2D eigenvalue weighted by Crippen LogP contribution is -2.44. The molecule has 2 aliphatic carbocycles. The lowest BCUT2D eigenvalue weighted by atomic mass is 9.69. The number of nitrogens with one attached hydrogen (secondary N) is 1.